The van der Waals surface area contributed by atoms with Gasteiger partial charge >= 0.3 is 0 Å². The first-order valence-corrected chi connectivity index (χ1v) is 8.42. The summed E-state index contributed by atoms with van der Waals surface area (Å²) < 4.78 is 5.53. The third-order valence-electron chi connectivity index (χ3n) is 3.42. The SMILES string of the molecule is C=CCOc1ccc(Cl)cc1/C=C(\C#N)C(=O)Nc1ccc(C)c(Cl)c1. The highest BCUT2D eigenvalue weighted by molar-refractivity contribution is 6.31. The summed E-state index contributed by atoms with van der Waals surface area (Å²) in [5, 5.41) is 13.0. The maximum absolute atomic E-state index is 12.4. The van der Waals surface area contributed by atoms with Gasteiger partial charge in [0.1, 0.15) is 24.0 Å². The second-order valence-electron chi connectivity index (χ2n) is 5.37. The van der Waals surface area contributed by atoms with Crippen molar-refractivity contribution >= 4 is 40.9 Å². The predicted octanol–water partition coefficient (Wildman–Crippen LogP) is 5.41. The molecule has 2 aromatic rings. The minimum atomic E-state index is -0.554. The third kappa shape index (κ3) is 5.13. The van der Waals surface area contributed by atoms with Crippen LogP contribution >= 0.6 is 23.2 Å². The summed E-state index contributed by atoms with van der Waals surface area (Å²) in [6, 6.07) is 12.0. The lowest BCUT2D eigenvalue weighted by Gasteiger charge is -2.09. The first-order valence-electron chi connectivity index (χ1n) is 7.67. The molecule has 0 unspecified atom stereocenters. The molecule has 4 nitrogen and oxygen atoms in total. The molecule has 0 atom stereocenters. The second-order valence-corrected chi connectivity index (χ2v) is 6.21. The van der Waals surface area contributed by atoms with Gasteiger partial charge in [0.2, 0.25) is 0 Å². The van der Waals surface area contributed by atoms with Crippen LogP contribution in [0.4, 0.5) is 5.69 Å². The Hall–Kier alpha value is -2.74. The Labute approximate surface area is 162 Å². The molecule has 132 valence electrons. The minimum Gasteiger partial charge on any atom is -0.489 e. The van der Waals surface area contributed by atoms with E-state index < -0.39 is 5.91 Å². The summed E-state index contributed by atoms with van der Waals surface area (Å²) in [5.41, 5.74) is 1.82. The van der Waals surface area contributed by atoms with E-state index in [1.54, 1.807) is 42.5 Å². The van der Waals surface area contributed by atoms with Gasteiger partial charge in [-0.25, -0.2) is 0 Å². The lowest BCUT2D eigenvalue weighted by atomic mass is 10.1. The molecule has 0 aliphatic heterocycles. The van der Waals surface area contributed by atoms with Gasteiger partial charge in [-0.15, -0.1) is 0 Å². The molecule has 1 amide bonds. The largest absolute Gasteiger partial charge is 0.489 e. The van der Waals surface area contributed by atoms with E-state index >= 15 is 0 Å². The van der Waals surface area contributed by atoms with Crippen LogP contribution < -0.4 is 10.1 Å². The molecule has 0 fully saturated rings. The maximum Gasteiger partial charge on any atom is 0.266 e. The van der Waals surface area contributed by atoms with Gasteiger partial charge in [-0.05, 0) is 48.9 Å². The summed E-state index contributed by atoms with van der Waals surface area (Å²) >= 11 is 12.1. The van der Waals surface area contributed by atoms with Crippen molar-refractivity contribution in [3.05, 3.63) is 75.8 Å². The van der Waals surface area contributed by atoms with Gasteiger partial charge in [-0.3, -0.25) is 4.79 Å². The number of carbonyl (C=O) groups excluding carboxylic acids is 1. The number of amides is 1. The van der Waals surface area contributed by atoms with Crippen LogP contribution in [0.1, 0.15) is 11.1 Å². The van der Waals surface area contributed by atoms with Crippen LogP contribution in [0.25, 0.3) is 6.08 Å². The first-order chi connectivity index (χ1) is 12.4. The summed E-state index contributed by atoms with van der Waals surface area (Å²) in [6.45, 7) is 5.74. The lowest BCUT2D eigenvalue weighted by Crippen LogP contribution is -2.13. The van der Waals surface area contributed by atoms with E-state index in [0.29, 0.717) is 33.7 Å². The molecule has 0 aromatic heterocycles. The Kier molecular flexibility index (Phi) is 6.85. The topological polar surface area (TPSA) is 62.1 Å². The van der Waals surface area contributed by atoms with E-state index in [9.17, 15) is 10.1 Å². The molecule has 0 bridgehead atoms. The van der Waals surface area contributed by atoms with Gasteiger partial charge in [0, 0.05) is 21.3 Å². The average Bonchev–Trinajstić information content (AvgIpc) is 2.62. The molecule has 0 saturated heterocycles. The van der Waals surface area contributed by atoms with Crippen LogP contribution in [0.3, 0.4) is 0 Å². The Balaban J connectivity index is 2.30. The predicted molar refractivity (Wildman–Crippen MR) is 106 cm³/mol. The number of aryl methyl sites for hydroxylation is 1. The number of halogens is 2. The minimum absolute atomic E-state index is 0.0904. The summed E-state index contributed by atoms with van der Waals surface area (Å²) in [6.07, 6.45) is 3.02. The molecule has 0 saturated carbocycles. The number of benzene rings is 2. The van der Waals surface area contributed by atoms with E-state index in [0.717, 1.165) is 5.56 Å². The number of rotatable bonds is 6. The number of nitriles is 1. The average molecular weight is 387 g/mol. The van der Waals surface area contributed by atoms with Crippen molar-refractivity contribution in [2.75, 3.05) is 11.9 Å². The normalized spacial score (nSPS) is 10.8. The van der Waals surface area contributed by atoms with Crippen molar-refractivity contribution in [2.45, 2.75) is 6.92 Å². The first kappa shape index (κ1) is 19.6. The summed E-state index contributed by atoms with van der Waals surface area (Å²) in [5.74, 6) is -0.0599. The molecule has 0 aliphatic carbocycles. The van der Waals surface area contributed by atoms with Gasteiger partial charge in [-0.1, -0.05) is 41.9 Å². The molecule has 0 radical (unpaired) electrons. The molecule has 0 spiro atoms. The van der Waals surface area contributed by atoms with E-state index in [1.807, 2.05) is 13.0 Å². The monoisotopic (exact) mass is 386 g/mol. The zero-order valence-corrected chi connectivity index (χ0v) is 15.6. The van der Waals surface area contributed by atoms with Crippen LogP contribution in [-0.2, 0) is 4.79 Å². The number of hydrogen-bond acceptors (Lipinski definition) is 3. The van der Waals surface area contributed by atoms with Gasteiger partial charge in [0.05, 0.1) is 0 Å². The number of anilines is 1. The number of nitrogens with one attached hydrogen (secondary N) is 1. The standard InChI is InChI=1S/C20H16Cl2N2O2/c1-3-8-26-19-7-5-16(21)10-14(19)9-15(12-23)20(25)24-17-6-4-13(2)18(22)11-17/h3-7,9-11H,1,8H2,2H3,(H,24,25)/b15-9+. The van der Waals surface area contributed by atoms with Crippen LogP contribution in [-0.4, -0.2) is 12.5 Å². The third-order valence-corrected chi connectivity index (χ3v) is 4.07. The molecule has 26 heavy (non-hydrogen) atoms. The van der Waals surface area contributed by atoms with E-state index in [-0.39, 0.29) is 5.57 Å². The molecule has 0 aliphatic rings. The quantitative estimate of drug-likeness (QED) is 0.409. The number of nitrogens with zero attached hydrogens (tertiary/aromatic N) is 1. The Morgan fingerprint density at radius 2 is 2.08 bits per heavy atom. The highest BCUT2D eigenvalue weighted by Crippen LogP contribution is 2.26. The molecule has 2 aromatic carbocycles. The van der Waals surface area contributed by atoms with E-state index in [2.05, 4.69) is 11.9 Å². The van der Waals surface area contributed by atoms with Crippen molar-refractivity contribution in [3.8, 4) is 11.8 Å². The molecule has 2 rings (SSSR count). The zero-order chi connectivity index (χ0) is 19.1. The molecule has 0 heterocycles. The van der Waals surface area contributed by atoms with Crippen molar-refractivity contribution in [2.24, 2.45) is 0 Å². The Bertz CT molecular complexity index is 915. The highest BCUT2D eigenvalue weighted by Gasteiger charge is 2.12. The summed E-state index contributed by atoms with van der Waals surface area (Å²) in [4.78, 5) is 12.4. The van der Waals surface area contributed by atoms with Crippen molar-refractivity contribution in [1.29, 1.82) is 5.26 Å². The van der Waals surface area contributed by atoms with Crippen molar-refractivity contribution < 1.29 is 9.53 Å². The molecular weight excluding hydrogens is 371 g/mol. The van der Waals surface area contributed by atoms with Gasteiger partial charge in [0.15, 0.2) is 0 Å². The van der Waals surface area contributed by atoms with Gasteiger partial charge in [0.25, 0.3) is 5.91 Å². The fraction of sp³-hybridized carbons (Fsp3) is 0.100. The number of ether oxygens (including phenoxy) is 1. The second kappa shape index (κ2) is 9.10. The van der Waals surface area contributed by atoms with Crippen molar-refractivity contribution in [3.63, 3.8) is 0 Å². The maximum atomic E-state index is 12.4. The van der Waals surface area contributed by atoms with Gasteiger partial charge < -0.3 is 10.1 Å². The fourth-order valence-electron chi connectivity index (χ4n) is 2.09. The Morgan fingerprint density at radius 1 is 1.31 bits per heavy atom. The molecular formula is C20H16Cl2N2O2. The van der Waals surface area contributed by atoms with E-state index in [1.165, 1.54) is 6.08 Å². The van der Waals surface area contributed by atoms with E-state index in [4.69, 9.17) is 27.9 Å². The van der Waals surface area contributed by atoms with Crippen LogP contribution in [0.2, 0.25) is 10.0 Å². The molecule has 1 N–H and O–H groups in total. The molecule has 6 heteroatoms. The van der Waals surface area contributed by atoms with Crippen LogP contribution in [0, 0.1) is 18.3 Å². The lowest BCUT2D eigenvalue weighted by molar-refractivity contribution is -0.112. The van der Waals surface area contributed by atoms with Crippen LogP contribution in [0.15, 0.2) is 54.6 Å². The van der Waals surface area contributed by atoms with Gasteiger partial charge in [-0.2, -0.15) is 5.26 Å². The van der Waals surface area contributed by atoms with Crippen molar-refractivity contribution in [1.82, 2.24) is 0 Å². The Morgan fingerprint density at radius 3 is 2.73 bits per heavy atom. The van der Waals surface area contributed by atoms with Crippen LogP contribution in [0.5, 0.6) is 5.75 Å². The number of hydrogen-bond donors (Lipinski definition) is 1. The zero-order valence-electron chi connectivity index (χ0n) is 14.1. The summed E-state index contributed by atoms with van der Waals surface area (Å²) in [7, 11) is 0. The highest BCUT2D eigenvalue weighted by atomic mass is 35.5. The fourth-order valence-corrected chi connectivity index (χ4v) is 2.45. The number of carbonyl (C=O) groups is 1. The smallest absolute Gasteiger partial charge is 0.266 e.